The van der Waals surface area contributed by atoms with Crippen LogP contribution in [0.3, 0.4) is 0 Å². The van der Waals surface area contributed by atoms with Gasteiger partial charge in [0.05, 0.1) is 18.9 Å². The predicted molar refractivity (Wildman–Crippen MR) is 122 cm³/mol. The van der Waals surface area contributed by atoms with Gasteiger partial charge < -0.3 is 25.3 Å². The number of fused-ring (bicyclic) bond motifs is 2. The summed E-state index contributed by atoms with van der Waals surface area (Å²) in [5.41, 5.74) is 8.54. The van der Waals surface area contributed by atoms with E-state index in [2.05, 4.69) is 20.6 Å². The number of nitrogens with two attached hydrogens (primary N) is 1. The minimum absolute atomic E-state index is 0.0256. The van der Waals surface area contributed by atoms with Gasteiger partial charge >= 0.3 is 6.09 Å². The van der Waals surface area contributed by atoms with Crippen molar-refractivity contribution in [2.75, 3.05) is 42.7 Å². The molecule has 1 aromatic carbocycles. The lowest BCUT2D eigenvalue weighted by molar-refractivity contribution is 0.0843. The highest BCUT2D eigenvalue weighted by Crippen LogP contribution is 2.39. The molecule has 1 fully saturated rings. The van der Waals surface area contributed by atoms with Crippen molar-refractivity contribution in [2.45, 2.75) is 20.0 Å². The third kappa shape index (κ3) is 3.86. The van der Waals surface area contributed by atoms with Crippen molar-refractivity contribution in [1.29, 1.82) is 0 Å². The maximum Gasteiger partial charge on any atom is 0.413 e. The third-order valence-electron chi connectivity index (χ3n) is 6.02. The lowest BCUT2D eigenvalue weighted by atomic mass is 9.97. The van der Waals surface area contributed by atoms with E-state index in [-0.39, 0.29) is 23.5 Å². The van der Waals surface area contributed by atoms with E-state index in [1.807, 2.05) is 13.8 Å². The van der Waals surface area contributed by atoms with Gasteiger partial charge in [-0.25, -0.2) is 19.2 Å². The Balaban J connectivity index is 1.48. The topological polar surface area (TPSA) is 121 Å². The average molecular weight is 453 g/mol. The van der Waals surface area contributed by atoms with Crippen molar-refractivity contribution in [2.24, 2.45) is 5.92 Å². The van der Waals surface area contributed by atoms with Gasteiger partial charge in [0.15, 0.2) is 5.82 Å². The predicted octanol–water partition coefficient (Wildman–Crippen LogP) is 3.71. The molecule has 4 N–H and O–H groups in total. The highest BCUT2D eigenvalue weighted by Gasteiger charge is 2.28. The van der Waals surface area contributed by atoms with Crippen molar-refractivity contribution < 1.29 is 23.4 Å². The maximum absolute atomic E-state index is 15.3. The van der Waals surface area contributed by atoms with E-state index in [1.165, 1.54) is 6.20 Å². The van der Waals surface area contributed by atoms with Crippen LogP contribution < -0.4 is 21.1 Å². The molecule has 0 bridgehead atoms. The van der Waals surface area contributed by atoms with E-state index < -0.39 is 11.9 Å². The number of benzene rings is 1. The van der Waals surface area contributed by atoms with Crippen molar-refractivity contribution in [3.63, 3.8) is 0 Å². The van der Waals surface area contributed by atoms with E-state index in [9.17, 15) is 4.79 Å². The summed E-state index contributed by atoms with van der Waals surface area (Å²) in [5.74, 6) is 0.333. The number of amides is 1. The van der Waals surface area contributed by atoms with Crippen molar-refractivity contribution >= 4 is 34.1 Å². The van der Waals surface area contributed by atoms with Gasteiger partial charge in [-0.2, -0.15) is 0 Å². The van der Waals surface area contributed by atoms with Crippen LogP contribution in [-0.2, 0) is 9.47 Å². The highest BCUT2D eigenvalue weighted by molar-refractivity contribution is 5.99. The van der Waals surface area contributed by atoms with Crippen molar-refractivity contribution in [3.05, 3.63) is 35.9 Å². The molecule has 33 heavy (non-hydrogen) atoms. The summed E-state index contributed by atoms with van der Waals surface area (Å²) in [4.78, 5) is 20.8. The van der Waals surface area contributed by atoms with Crippen LogP contribution in [0.2, 0.25) is 0 Å². The van der Waals surface area contributed by atoms with Gasteiger partial charge in [-0.05, 0) is 30.0 Å². The van der Waals surface area contributed by atoms with E-state index in [1.54, 1.807) is 18.3 Å². The molecule has 2 aromatic heterocycles. The largest absolute Gasteiger partial charge is 0.474 e. The first-order valence-electron chi connectivity index (χ1n) is 10.7. The molecular formula is C23H24FN5O4. The number of nitrogens with one attached hydrogen (secondary N) is 2. The number of carbonyl (C=O) groups is 1. The summed E-state index contributed by atoms with van der Waals surface area (Å²) in [7, 11) is 0. The Hall–Kier alpha value is -3.66. The lowest BCUT2D eigenvalue weighted by Gasteiger charge is -2.22. The number of hydrogen-bond acceptors (Lipinski definition) is 8. The average Bonchev–Trinajstić information content (AvgIpc) is 3.21. The molecule has 3 aromatic rings. The number of pyridine rings is 2. The fourth-order valence-electron chi connectivity index (χ4n) is 4.12. The van der Waals surface area contributed by atoms with Gasteiger partial charge in [-0.3, -0.25) is 5.32 Å². The smallest absolute Gasteiger partial charge is 0.413 e. The summed E-state index contributed by atoms with van der Waals surface area (Å²) in [6.07, 6.45) is 2.08. The van der Waals surface area contributed by atoms with Crippen LogP contribution in [0.5, 0.6) is 5.88 Å². The number of hydrogen-bond donors (Lipinski definition) is 3. The summed E-state index contributed by atoms with van der Waals surface area (Å²) >= 11 is 0. The zero-order chi connectivity index (χ0) is 23.1. The van der Waals surface area contributed by atoms with Crippen LogP contribution in [0.15, 0.2) is 24.5 Å². The molecule has 172 valence electrons. The molecule has 1 saturated heterocycles. The molecule has 1 amide bonds. The number of nitrogen functional groups attached to an aromatic ring is 1. The molecule has 9 nitrogen and oxygen atoms in total. The lowest BCUT2D eigenvalue weighted by Crippen LogP contribution is -2.27. The first-order valence-corrected chi connectivity index (χ1v) is 10.7. The summed E-state index contributed by atoms with van der Waals surface area (Å²) < 4.78 is 31.6. The van der Waals surface area contributed by atoms with Crippen LogP contribution in [0, 0.1) is 18.7 Å². The Bertz CT molecular complexity index is 1250. The Labute approximate surface area is 189 Å². The molecule has 2 atom stereocenters. The van der Waals surface area contributed by atoms with Crippen LogP contribution >= 0.6 is 0 Å². The Morgan fingerprint density at radius 1 is 1.27 bits per heavy atom. The SMILES string of the molecule is Cc1c(-c2cc3cc(NC(=O)O[C@H]4COC[C@@H]4C)ncc3c(N)c2F)cnc2c1NCCO2. The van der Waals surface area contributed by atoms with Gasteiger partial charge in [0, 0.05) is 41.4 Å². The summed E-state index contributed by atoms with van der Waals surface area (Å²) in [6, 6.07) is 3.30. The molecule has 10 heteroatoms. The van der Waals surface area contributed by atoms with Crippen molar-refractivity contribution in [1.82, 2.24) is 9.97 Å². The molecular weight excluding hydrogens is 429 g/mol. The Morgan fingerprint density at radius 2 is 2.12 bits per heavy atom. The zero-order valence-electron chi connectivity index (χ0n) is 18.3. The number of nitrogens with zero attached hydrogens (tertiary/aromatic N) is 2. The highest BCUT2D eigenvalue weighted by atomic mass is 19.1. The van der Waals surface area contributed by atoms with Crippen LogP contribution in [0.4, 0.5) is 26.4 Å². The van der Waals surface area contributed by atoms with E-state index in [0.29, 0.717) is 54.1 Å². The number of ether oxygens (including phenoxy) is 3. The van der Waals surface area contributed by atoms with E-state index in [4.69, 9.17) is 19.9 Å². The van der Waals surface area contributed by atoms with Crippen molar-refractivity contribution in [3.8, 4) is 17.0 Å². The second kappa shape index (κ2) is 8.36. The van der Waals surface area contributed by atoms with Gasteiger partial charge in [0.25, 0.3) is 0 Å². The number of aromatic nitrogens is 2. The van der Waals surface area contributed by atoms with Gasteiger partial charge in [0.1, 0.15) is 24.2 Å². The van der Waals surface area contributed by atoms with Crippen LogP contribution in [0.1, 0.15) is 12.5 Å². The molecule has 0 aliphatic carbocycles. The molecule has 2 aliphatic heterocycles. The molecule has 0 unspecified atom stereocenters. The number of anilines is 3. The maximum atomic E-state index is 15.3. The quantitative estimate of drug-likeness (QED) is 0.513. The first-order chi connectivity index (χ1) is 15.9. The molecule has 0 saturated carbocycles. The van der Waals surface area contributed by atoms with Crippen LogP contribution in [0.25, 0.3) is 21.9 Å². The fraction of sp³-hybridized carbons (Fsp3) is 0.348. The molecule has 4 heterocycles. The fourth-order valence-corrected chi connectivity index (χ4v) is 4.12. The minimum atomic E-state index is -0.625. The molecule has 0 radical (unpaired) electrons. The minimum Gasteiger partial charge on any atom is -0.474 e. The van der Waals surface area contributed by atoms with E-state index >= 15 is 4.39 Å². The molecule has 2 aliphatic rings. The normalized spacial score (nSPS) is 19.5. The summed E-state index contributed by atoms with van der Waals surface area (Å²) in [5, 5.41) is 6.94. The zero-order valence-corrected chi connectivity index (χ0v) is 18.3. The van der Waals surface area contributed by atoms with E-state index in [0.717, 1.165) is 11.3 Å². The standard InChI is InChI=1S/C23H24FN5O4/c1-11-9-31-10-17(11)33-23(30)29-18-6-13-5-14(19(24)20(25)16(13)8-27-18)15-7-28-22-21(12(15)2)26-3-4-32-22/h5-8,11,17,26H,3-4,9-10,25H2,1-2H3,(H,27,29,30)/t11-,17-/m0/s1. The van der Waals surface area contributed by atoms with Gasteiger partial charge in [-0.15, -0.1) is 0 Å². The monoisotopic (exact) mass is 453 g/mol. The first kappa shape index (κ1) is 21.2. The Kier molecular flexibility index (Phi) is 5.37. The summed E-state index contributed by atoms with van der Waals surface area (Å²) in [6.45, 7) is 5.92. The van der Waals surface area contributed by atoms with Gasteiger partial charge in [0.2, 0.25) is 5.88 Å². The molecule has 5 rings (SSSR count). The van der Waals surface area contributed by atoms with Gasteiger partial charge in [-0.1, -0.05) is 6.92 Å². The molecule has 0 spiro atoms. The van der Waals surface area contributed by atoms with Crippen LogP contribution in [-0.4, -0.2) is 48.5 Å². The number of halogens is 1. The Morgan fingerprint density at radius 3 is 2.91 bits per heavy atom. The number of rotatable bonds is 3. The second-order valence-corrected chi connectivity index (χ2v) is 8.28. The second-order valence-electron chi connectivity index (χ2n) is 8.28. The third-order valence-corrected chi connectivity index (χ3v) is 6.02. The number of carbonyl (C=O) groups excluding carboxylic acids is 1.